The third-order valence-corrected chi connectivity index (χ3v) is 4.53. The number of carbonyl (C=O) groups is 1. The second-order valence-electron chi connectivity index (χ2n) is 6.16. The Morgan fingerprint density at radius 2 is 2.32 bits per heavy atom. The predicted octanol–water partition coefficient (Wildman–Crippen LogP) is 2.09. The molecular weight excluding hydrogens is 278 g/mol. The van der Waals surface area contributed by atoms with Gasteiger partial charge in [0.1, 0.15) is 0 Å². The highest BCUT2D eigenvalue weighted by molar-refractivity contribution is 5.76. The molecule has 6 heteroatoms. The molecule has 116 valence electrons. The Morgan fingerprint density at radius 3 is 2.95 bits per heavy atom. The van der Waals surface area contributed by atoms with Gasteiger partial charge in [0.25, 0.3) is 0 Å². The van der Waals surface area contributed by atoms with Gasteiger partial charge < -0.3 is 4.90 Å². The van der Waals surface area contributed by atoms with E-state index >= 15 is 0 Å². The van der Waals surface area contributed by atoms with Crippen molar-refractivity contribution in [2.75, 3.05) is 13.1 Å². The van der Waals surface area contributed by atoms with E-state index in [1.807, 2.05) is 29.0 Å². The third-order valence-electron chi connectivity index (χ3n) is 4.53. The normalized spacial score (nSPS) is 21.8. The van der Waals surface area contributed by atoms with Crippen molar-refractivity contribution >= 4 is 5.91 Å². The van der Waals surface area contributed by atoms with Crippen LogP contribution < -0.4 is 0 Å². The van der Waals surface area contributed by atoms with E-state index in [0.29, 0.717) is 25.2 Å². The van der Waals surface area contributed by atoms with E-state index in [9.17, 15) is 4.79 Å². The second kappa shape index (κ2) is 5.91. The van der Waals surface area contributed by atoms with Gasteiger partial charge in [-0.3, -0.25) is 9.48 Å². The highest BCUT2D eigenvalue weighted by Gasteiger charge is 2.40. The number of terminal acetylenes is 1. The molecule has 1 amide bonds. The largest absolute Gasteiger partial charge is 0.342 e. The summed E-state index contributed by atoms with van der Waals surface area (Å²) >= 11 is 0. The zero-order valence-electron chi connectivity index (χ0n) is 12.9. The lowest BCUT2D eigenvalue weighted by Gasteiger charge is -2.17. The van der Waals surface area contributed by atoms with Gasteiger partial charge in [0.15, 0.2) is 5.66 Å². The summed E-state index contributed by atoms with van der Waals surface area (Å²) < 4.78 is 1.81. The number of carbonyl (C=O) groups excluding carboxylic acids is 1. The minimum Gasteiger partial charge on any atom is -0.342 e. The fourth-order valence-electron chi connectivity index (χ4n) is 3.04. The molecule has 0 aromatic carbocycles. The SMILES string of the molecule is C#CCCC1(CCC(=O)N2CCC(c3cnn(C)c3)C2)N=N1. The van der Waals surface area contributed by atoms with Crippen LogP contribution in [-0.2, 0) is 11.8 Å². The zero-order chi connectivity index (χ0) is 15.6. The maximum atomic E-state index is 12.4. The van der Waals surface area contributed by atoms with E-state index < -0.39 is 0 Å². The molecular formula is C16H21N5O. The summed E-state index contributed by atoms with van der Waals surface area (Å²) in [5.41, 5.74) is 0.861. The predicted molar refractivity (Wildman–Crippen MR) is 82.0 cm³/mol. The van der Waals surface area contributed by atoms with Crippen LogP contribution in [0.25, 0.3) is 0 Å². The van der Waals surface area contributed by atoms with Crippen LogP contribution in [0.1, 0.15) is 43.6 Å². The second-order valence-corrected chi connectivity index (χ2v) is 6.16. The molecule has 2 aliphatic heterocycles. The van der Waals surface area contributed by atoms with Gasteiger partial charge in [-0.2, -0.15) is 15.3 Å². The van der Waals surface area contributed by atoms with Gasteiger partial charge in [0.05, 0.1) is 6.20 Å². The van der Waals surface area contributed by atoms with Crippen LogP contribution in [0.3, 0.4) is 0 Å². The van der Waals surface area contributed by atoms with E-state index in [0.717, 1.165) is 25.9 Å². The van der Waals surface area contributed by atoms with Crippen molar-refractivity contribution in [3.8, 4) is 12.3 Å². The van der Waals surface area contributed by atoms with E-state index in [1.54, 1.807) is 0 Å². The van der Waals surface area contributed by atoms with Gasteiger partial charge in [0, 0.05) is 57.9 Å². The molecule has 3 heterocycles. The Bertz CT molecular complexity index is 621. The lowest BCUT2D eigenvalue weighted by atomic mass is 10.0. The van der Waals surface area contributed by atoms with Crippen LogP contribution in [0.15, 0.2) is 22.6 Å². The van der Waals surface area contributed by atoms with E-state index in [1.165, 1.54) is 5.56 Å². The molecule has 0 N–H and O–H groups in total. The molecule has 0 saturated carbocycles. The molecule has 3 rings (SSSR count). The fraction of sp³-hybridized carbons (Fsp3) is 0.625. The lowest BCUT2D eigenvalue weighted by molar-refractivity contribution is -0.130. The zero-order valence-corrected chi connectivity index (χ0v) is 12.9. The number of hydrogen-bond acceptors (Lipinski definition) is 4. The van der Waals surface area contributed by atoms with Crippen LogP contribution >= 0.6 is 0 Å². The molecule has 0 aliphatic carbocycles. The summed E-state index contributed by atoms with van der Waals surface area (Å²) in [6.07, 6.45) is 12.8. The Hall–Kier alpha value is -2.16. The molecule has 1 aromatic heterocycles. The van der Waals surface area contributed by atoms with Gasteiger partial charge in [-0.15, -0.1) is 12.3 Å². The lowest BCUT2D eigenvalue weighted by Crippen LogP contribution is -2.29. The summed E-state index contributed by atoms with van der Waals surface area (Å²) in [5.74, 6) is 3.21. The first-order valence-corrected chi connectivity index (χ1v) is 7.76. The average Bonchev–Trinajstić information content (AvgIpc) is 2.91. The first-order chi connectivity index (χ1) is 10.6. The number of aromatic nitrogens is 2. The van der Waals surface area contributed by atoms with E-state index in [4.69, 9.17) is 6.42 Å². The minimum atomic E-state index is -0.357. The molecule has 1 aromatic rings. The Balaban J connectivity index is 1.47. The molecule has 1 saturated heterocycles. The van der Waals surface area contributed by atoms with Crippen molar-refractivity contribution in [3.05, 3.63) is 18.0 Å². The standard InChI is InChI=1S/C16H21N5O/c1-3-4-7-16(18-19-16)8-5-15(22)21-9-6-13(12-21)14-10-17-20(2)11-14/h1,10-11,13H,4-9,12H2,2H3. The van der Waals surface area contributed by atoms with Gasteiger partial charge in [0.2, 0.25) is 5.91 Å². The van der Waals surface area contributed by atoms with Crippen molar-refractivity contribution in [2.45, 2.75) is 43.7 Å². The number of aryl methyl sites for hydroxylation is 1. The Morgan fingerprint density at radius 1 is 1.50 bits per heavy atom. The molecule has 1 unspecified atom stereocenters. The topological polar surface area (TPSA) is 62.9 Å². The Kier molecular flexibility index (Phi) is 3.97. The van der Waals surface area contributed by atoms with Crippen molar-refractivity contribution in [3.63, 3.8) is 0 Å². The van der Waals surface area contributed by atoms with Crippen molar-refractivity contribution in [1.29, 1.82) is 0 Å². The van der Waals surface area contributed by atoms with Crippen LogP contribution in [-0.4, -0.2) is 39.3 Å². The van der Waals surface area contributed by atoms with Crippen molar-refractivity contribution in [1.82, 2.24) is 14.7 Å². The van der Waals surface area contributed by atoms with Gasteiger partial charge in [-0.1, -0.05) is 0 Å². The summed E-state index contributed by atoms with van der Waals surface area (Å²) in [6.45, 7) is 1.61. The average molecular weight is 299 g/mol. The van der Waals surface area contributed by atoms with Crippen LogP contribution in [0.5, 0.6) is 0 Å². The molecule has 1 atom stereocenters. The number of likely N-dealkylation sites (tertiary alicyclic amines) is 1. The van der Waals surface area contributed by atoms with Crippen molar-refractivity contribution < 1.29 is 4.79 Å². The number of rotatable bonds is 6. The van der Waals surface area contributed by atoms with Gasteiger partial charge in [-0.05, 0) is 12.0 Å². The van der Waals surface area contributed by atoms with Crippen LogP contribution in [0, 0.1) is 12.3 Å². The maximum Gasteiger partial charge on any atom is 0.222 e. The number of nitrogens with zero attached hydrogens (tertiary/aromatic N) is 5. The first-order valence-electron chi connectivity index (χ1n) is 7.76. The van der Waals surface area contributed by atoms with Crippen LogP contribution in [0.4, 0.5) is 0 Å². The molecule has 22 heavy (non-hydrogen) atoms. The molecule has 0 radical (unpaired) electrons. The molecule has 1 fully saturated rings. The van der Waals surface area contributed by atoms with Crippen molar-refractivity contribution in [2.24, 2.45) is 17.3 Å². The highest BCUT2D eigenvalue weighted by Crippen LogP contribution is 2.38. The Labute approximate surface area is 130 Å². The summed E-state index contributed by atoms with van der Waals surface area (Å²) in [6, 6.07) is 0. The van der Waals surface area contributed by atoms with Crippen LogP contribution in [0.2, 0.25) is 0 Å². The quantitative estimate of drug-likeness (QED) is 0.755. The molecule has 0 bridgehead atoms. The minimum absolute atomic E-state index is 0.198. The molecule has 0 spiro atoms. The van der Waals surface area contributed by atoms with Gasteiger partial charge >= 0.3 is 0 Å². The number of hydrogen-bond donors (Lipinski definition) is 0. The number of amides is 1. The first kappa shape index (κ1) is 14.8. The van der Waals surface area contributed by atoms with E-state index in [2.05, 4.69) is 21.2 Å². The third kappa shape index (κ3) is 3.19. The monoisotopic (exact) mass is 299 g/mol. The smallest absolute Gasteiger partial charge is 0.222 e. The maximum absolute atomic E-state index is 12.4. The summed E-state index contributed by atoms with van der Waals surface area (Å²) in [5, 5.41) is 12.4. The highest BCUT2D eigenvalue weighted by atomic mass is 16.2. The fourth-order valence-corrected chi connectivity index (χ4v) is 3.04. The van der Waals surface area contributed by atoms with Gasteiger partial charge in [-0.25, -0.2) is 0 Å². The van der Waals surface area contributed by atoms with E-state index in [-0.39, 0.29) is 11.6 Å². The summed E-state index contributed by atoms with van der Waals surface area (Å²) in [7, 11) is 1.92. The molecule has 2 aliphatic rings. The summed E-state index contributed by atoms with van der Waals surface area (Å²) in [4.78, 5) is 14.3. The molecule has 6 nitrogen and oxygen atoms in total.